The van der Waals surface area contributed by atoms with Crippen LogP contribution in [0, 0.1) is 0 Å². The van der Waals surface area contributed by atoms with Crippen molar-refractivity contribution >= 4 is 11.9 Å². The van der Waals surface area contributed by atoms with Gasteiger partial charge in [-0.25, -0.2) is 0 Å². The maximum absolute atomic E-state index is 11.1. The van der Waals surface area contributed by atoms with E-state index in [1.807, 2.05) is 0 Å². The highest BCUT2D eigenvalue weighted by molar-refractivity contribution is 5.69. The molecule has 0 atom stereocenters. The maximum atomic E-state index is 11.1. The summed E-state index contributed by atoms with van der Waals surface area (Å²) in [6.45, 7) is 7.03. The molecule has 0 aliphatic carbocycles. The fourth-order valence-electron chi connectivity index (χ4n) is 2.05. The minimum atomic E-state index is -0.803. The molecule has 170 valence electrons. The third-order valence-corrected chi connectivity index (χ3v) is 3.61. The van der Waals surface area contributed by atoms with Gasteiger partial charge in [0.2, 0.25) is 0 Å². The Bertz CT molecular complexity index is 787. The number of phenolic OH excluding ortho intramolecular Hbond substituents is 2. The lowest BCUT2D eigenvalue weighted by molar-refractivity contribution is -0.142. The number of aliphatic hydroxyl groups is 1. The second kappa shape index (κ2) is 17.3. The van der Waals surface area contributed by atoms with Crippen LogP contribution < -0.4 is 0 Å². The van der Waals surface area contributed by atoms with Gasteiger partial charge in [-0.3, -0.25) is 9.59 Å². The number of aromatic hydroxyl groups is 2. The number of rotatable bonds is 9. The number of carbonyl (C=O) groups excluding carboxylic acids is 1. The molecule has 2 aromatic rings. The molecule has 0 heterocycles. The van der Waals surface area contributed by atoms with Crippen LogP contribution in [0.2, 0.25) is 0 Å². The van der Waals surface area contributed by atoms with Gasteiger partial charge in [-0.05, 0) is 48.2 Å². The zero-order chi connectivity index (χ0) is 23.5. The summed E-state index contributed by atoms with van der Waals surface area (Å²) in [7, 11) is 0. The van der Waals surface area contributed by atoms with Gasteiger partial charge < -0.3 is 25.2 Å². The van der Waals surface area contributed by atoms with Crippen molar-refractivity contribution in [2.75, 3.05) is 13.2 Å². The molecule has 0 spiro atoms. The number of hydrogen-bond donors (Lipinski definition) is 4. The van der Waals surface area contributed by atoms with Gasteiger partial charge >= 0.3 is 11.9 Å². The first kappa shape index (κ1) is 27.4. The molecule has 7 nitrogen and oxygen atoms in total. The zero-order valence-electron chi connectivity index (χ0n) is 17.4. The van der Waals surface area contributed by atoms with Crippen LogP contribution >= 0.6 is 0 Å². The van der Waals surface area contributed by atoms with E-state index in [4.69, 9.17) is 25.2 Å². The summed E-state index contributed by atoms with van der Waals surface area (Å²) in [5, 5.41) is 34.1. The molecular formula is C24H32O7. The zero-order valence-corrected chi connectivity index (χ0v) is 17.4. The standard InChI is InChI=1S/C12H14O3.C9H10O3.C3H6O.H2/c1-2-9-15-12(14)8-5-10-3-6-11(13)7-4-10;10-8-4-1-7(2-5-8)3-6-9(11)12;1-2-3-4;/h2-4,6-7,13H,1,5,8-9H2;1-2,4-5,10H,3,6H2,(H,11,12);2,4H,1,3H2;1H/i;;;1+1. The molecule has 2 rings (SSSR count). The average Bonchev–Trinajstić information content (AvgIpc) is 2.77. The van der Waals surface area contributed by atoms with Crippen LogP contribution in [0.25, 0.3) is 0 Å². The van der Waals surface area contributed by atoms with Gasteiger partial charge in [0.15, 0.2) is 0 Å². The number of phenols is 2. The second-order valence-electron chi connectivity index (χ2n) is 6.17. The first-order valence-corrected chi connectivity index (χ1v) is 9.58. The van der Waals surface area contributed by atoms with E-state index in [2.05, 4.69) is 13.2 Å². The Balaban J connectivity index is 0. The summed E-state index contributed by atoms with van der Waals surface area (Å²) < 4.78 is 4.83. The molecule has 0 radical (unpaired) electrons. The van der Waals surface area contributed by atoms with Crippen LogP contribution in [0.3, 0.4) is 0 Å². The van der Waals surface area contributed by atoms with Crippen molar-refractivity contribution in [1.82, 2.24) is 0 Å². The Kier molecular flexibility index (Phi) is 15.3. The number of carbonyl (C=O) groups is 2. The van der Waals surface area contributed by atoms with Crippen molar-refractivity contribution in [1.29, 1.82) is 0 Å². The van der Waals surface area contributed by atoms with E-state index >= 15 is 0 Å². The number of aryl methyl sites for hydroxylation is 2. The summed E-state index contributed by atoms with van der Waals surface area (Å²) in [6.07, 6.45) is 4.58. The number of carboxylic acid groups (broad SMARTS) is 1. The molecule has 2 aromatic carbocycles. The molecule has 0 saturated heterocycles. The Labute approximate surface area is 184 Å². The van der Waals surface area contributed by atoms with Crippen LogP contribution in [-0.4, -0.2) is 45.6 Å². The summed E-state index contributed by atoms with van der Waals surface area (Å²) in [5.41, 5.74) is 1.93. The van der Waals surface area contributed by atoms with Crippen molar-refractivity contribution < 1.29 is 36.2 Å². The molecule has 0 bridgehead atoms. The highest BCUT2D eigenvalue weighted by Gasteiger charge is 2.02. The number of esters is 1. The van der Waals surface area contributed by atoms with E-state index in [-0.39, 0.29) is 38.5 Å². The van der Waals surface area contributed by atoms with Crippen LogP contribution in [0.15, 0.2) is 73.8 Å². The predicted molar refractivity (Wildman–Crippen MR) is 121 cm³/mol. The van der Waals surface area contributed by atoms with Gasteiger partial charge in [-0.15, -0.1) is 6.58 Å². The average molecular weight is 434 g/mol. The van der Waals surface area contributed by atoms with E-state index in [1.165, 1.54) is 6.08 Å². The van der Waals surface area contributed by atoms with Gasteiger partial charge in [0.25, 0.3) is 0 Å². The molecule has 4 N–H and O–H groups in total. The number of carboxylic acids is 1. The fourth-order valence-corrected chi connectivity index (χ4v) is 2.05. The molecule has 7 heteroatoms. The maximum Gasteiger partial charge on any atom is 0.306 e. The highest BCUT2D eigenvalue weighted by Crippen LogP contribution is 2.12. The molecule has 0 aromatic heterocycles. The largest absolute Gasteiger partial charge is 0.508 e. The lowest BCUT2D eigenvalue weighted by Crippen LogP contribution is -2.05. The predicted octanol–water partition coefficient (Wildman–Crippen LogP) is 3.87. The molecular weight excluding hydrogens is 400 g/mol. The van der Waals surface area contributed by atoms with Crippen molar-refractivity contribution in [3.8, 4) is 11.5 Å². The normalized spacial score (nSPS) is 9.19. The van der Waals surface area contributed by atoms with Crippen LogP contribution in [0.5, 0.6) is 11.5 Å². The van der Waals surface area contributed by atoms with Crippen LogP contribution in [0.1, 0.15) is 25.4 Å². The Morgan fingerprint density at radius 2 is 1.26 bits per heavy atom. The van der Waals surface area contributed by atoms with Crippen molar-refractivity contribution in [2.45, 2.75) is 25.7 Å². The van der Waals surface area contributed by atoms with E-state index in [9.17, 15) is 9.59 Å². The first-order valence-electron chi connectivity index (χ1n) is 9.58. The minimum absolute atomic E-state index is 0. The van der Waals surface area contributed by atoms with Gasteiger partial charge in [-0.2, -0.15) is 0 Å². The molecule has 0 unspecified atom stereocenters. The third-order valence-electron chi connectivity index (χ3n) is 3.61. The Hall–Kier alpha value is -3.58. The molecule has 0 aliphatic rings. The number of hydrogen-bond acceptors (Lipinski definition) is 6. The van der Waals surface area contributed by atoms with Gasteiger partial charge in [0, 0.05) is 14.3 Å². The Morgan fingerprint density at radius 1 is 0.839 bits per heavy atom. The van der Waals surface area contributed by atoms with E-state index in [0.717, 1.165) is 11.1 Å². The van der Waals surface area contributed by atoms with E-state index in [0.29, 0.717) is 19.3 Å². The number of benzene rings is 2. The van der Waals surface area contributed by atoms with Crippen LogP contribution in [-0.2, 0) is 27.2 Å². The molecule has 0 saturated carbocycles. The molecule has 0 amide bonds. The number of ether oxygens (including phenoxy) is 1. The quantitative estimate of drug-likeness (QED) is 0.349. The summed E-state index contributed by atoms with van der Waals surface area (Å²) >= 11 is 0. The Morgan fingerprint density at radius 3 is 1.61 bits per heavy atom. The van der Waals surface area contributed by atoms with E-state index < -0.39 is 5.97 Å². The first-order chi connectivity index (χ1) is 14.8. The summed E-state index contributed by atoms with van der Waals surface area (Å²) in [5.74, 6) is -0.604. The smallest absolute Gasteiger partial charge is 0.306 e. The number of aliphatic hydroxyl groups excluding tert-OH is 1. The van der Waals surface area contributed by atoms with Crippen molar-refractivity contribution in [3.63, 3.8) is 0 Å². The highest BCUT2D eigenvalue weighted by atomic mass is 16.5. The lowest BCUT2D eigenvalue weighted by atomic mass is 10.1. The second-order valence-corrected chi connectivity index (χ2v) is 6.17. The third kappa shape index (κ3) is 16.0. The van der Waals surface area contributed by atoms with Crippen molar-refractivity contribution in [3.05, 3.63) is 85.0 Å². The van der Waals surface area contributed by atoms with Gasteiger partial charge in [-0.1, -0.05) is 43.0 Å². The topological polar surface area (TPSA) is 124 Å². The molecule has 0 fully saturated rings. The van der Waals surface area contributed by atoms with Crippen molar-refractivity contribution in [2.24, 2.45) is 0 Å². The molecule has 0 aliphatic heterocycles. The summed E-state index contributed by atoms with van der Waals surface area (Å²) in [6, 6.07) is 13.3. The van der Waals surface area contributed by atoms with Gasteiger partial charge in [0.05, 0.1) is 6.61 Å². The van der Waals surface area contributed by atoms with E-state index in [1.54, 1.807) is 54.6 Å². The van der Waals surface area contributed by atoms with Crippen LogP contribution in [0.4, 0.5) is 0 Å². The lowest BCUT2D eigenvalue weighted by Gasteiger charge is -2.02. The SMILES string of the molecule is C=CCO.C=CCOC(=O)CCc1ccc(O)cc1.O=C(O)CCc1ccc(O)cc1.[2HH]. The number of aliphatic carboxylic acids is 1. The molecule has 31 heavy (non-hydrogen) atoms. The minimum Gasteiger partial charge on any atom is -0.508 e. The fraction of sp³-hybridized carbons (Fsp3) is 0.250. The summed E-state index contributed by atoms with van der Waals surface area (Å²) in [4.78, 5) is 21.3. The van der Waals surface area contributed by atoms with Gasteiger partial charge in [0.1, 0.15) is 18.1 Å². The monoisotopic (exact) mass is 433 g/mol.